The van der Waals surface area contributed by atoms with Gasteiger partial charge in [-0.15, -0.1) is 0 Å². The smallest absolute Gasteiger partial charge is 0.339 e. The van der Waals surface area contributed by atoms with E-state index in [1.807, 2.05) is 0 Å². The monoisotopic (exact) mass is 632 g/mol. The van der Waals surface area contributed by atoms with Crippen LogP contribution in [0.3, 0.4) is 0 Å². The molecule has 5 aliphatic rings. The van der Waals surface area contributed by atoms with E-state index in [4.69, 9.17) is 32.8 Å². The summed E-state index contributed by atoms with van der Waals surface area (Å²) in [7, 11) is 1.13. The molecule has 1 aromatic rings. The van der Waals surface area contributed by atoms with Gasteiger partial charge in [-0.3, -0.25) is 14.4 Å². The Morgan fingerprint density at radius 2 is 1.62 bits per heavy atom. The fraction of sp³-hybridized carbons (Fsp3) is 0.645. The van der Waals surface area contributed by atoms with Crippen molar-refractivity contribution in [1.29, 1.82) is 0 Å². The highest BCUT2D eigenvalue weighted by Gasteiger charge is 3.01. The van der Waals surface area contributed by atoms with E-state index in [1.54, 1.807) is 6.92 Å². The van der Waals surface area contributed by atoms with Crippen LogP contribution in [0.1, 0.15) is 60.1 Å². The molecule has 0 bridgehead atoms. The maximum absolute atomic E-state index is 14.3. The summed E-state index contributed by atoms with van der Waals surface area (Å²) in [5.74, 6) is -8.53. The third-order valence-corrected chi connectivity index (χ3v) is 11.1. The number of methoxy groups -OCH3 is 1. The molecule has 5 fully saturated rings. The van der Waals surface area contributed by atoms with Crippen molar-refractivity contribution in [3.63, 3.8) is 0 Å². The van der Waals surface area contributed by atoms with Gasteiger partial charge in [-0.25, -0.2) is 9.59 Å². The Kier molecular flexibility index (Phi) is 6.29. The number of furan rings is 1. The highest BCUT2D eigenvalue weighted by atomic mass is 16.7. The third kappa shape index (κ3) is 3.25. The number of aliphatic hydroxyl groups is 2. The summed E-state index contributed by atoms with van der Waals surface area (Å²) in [6.07, 6.45) is -0.887. The van der Waals surface area contributed by atoms with Gasteiger partial charge in [0.05, 0.1) is 30.5 Å². The molecule has 0 radical (unpaired) electrons. The van der Waals surface area contributed by atoms with E-state index in [9.17, 15) is 34.2 Å². The number of carbonyl (C=O) groups is 5. The van der Waals surface area contributed by atoms with Gasteiger partial charge in [-0.1, -0.05) is 19.9 Å². The molecule has 4 heterocycles. The molecule has 14 nitrogen and oxygen atoms in total. The van der Waals surface area contributed by atoms with Crippen LogP contribution in [-0.4, -0.2) is 87.9 Å². The molecule has 2 saturated carbocycles. The number of hydrogen-bond acceptors (Lipinski definition) is 14. The number of esters is 4. The van der Waals surface area contributed by atoms with E-state index in [-0.39, 0.29) is 0 Å². The van der Waals surface area contributed by atoms with Gasteiger partial charge in [0.1, 0.15) is 23.4 Å². The molecule has 1 spiro atoms. The van der Waals surface area contributed by atoms with Crippen LogP contribution < -0.4 is 0 Å². The van der Waals surface area contributed by atoms with E-state index < -0.39 is 98.8 Å². The summed E-state index contributed by atoms with van der Waals surface area (Å²) in [6.45, 7) is 9.44. The fourth-order valence-electron chi connectivity index (χ4n) is 9.52. The molecule has 3 aliphatic heterocycles. The molecular formula is C31H36O14. The maximum atomic E-state index is 14.3. The van der Waals surface area contributed by atoms with Gasteiger partial charge in [0.25, 0.3) is 0 Å². The van der Waals surface area contributed by atoms with Gasteiger partial charge < -0.3 is 43.1 Å². The first-order chi connectivity index (χ1) is 20.8. The van der Waals surface area contributed by atoms with E-state index in [0.29, 0.717) is 5.56 Å². The van der Waals surface area contributed by atoms with Crippen LogP contribution >= 0.6 is 0 Å². The Morgan fingerprint density at radius 3 is 2.18 bits per heavy atom. The molecule has 1 unspecified atom stereocenters. The lowest BCUT2D eigenvalue weighted by molar-refractivity contribution is -0.356. The van der Waals surface area contributed by atoms with Crippen molar-refractivity contribution < 1.29 is 67.0 Å². The first kappa shape index (κ1) is 31.4. The van der Waals surface area contributed by atoms with Crippen LogP contribution in [-0.2, 0) is 52.4 Å². The third-order valence-electron chi connectivity index (χ3n) is 11.1. The Balaban J connectivity index is 1.76. The first-order valence-corrected chi connectivity index (χ1v) is 14.5. The number of ether oxygens (including phenoxy) is 6. The van der Waals surface area contributed by atoms with Gasteiger partial charge in [-0.05, 0) is 26.8 Å². The lowest BCUT2D eigenvalue weighted by Crippen LogP contribution is -2.77. The highest BCUT2D eigenvalue weighted by Crippen LogP contribution is 2.85. The van der Waals surface area contributed by atoms with Crippen molar-refractivity contribution >= 4 is 29.7 Å². The minimum absolute atomic E-state index is 0.331. The van der Waals surface area contributed by atoms with Gasteiger partial charge in [0.2, 0.25) is 11.6 Å². The summed E-state index contributed by atoms with van der Waals surface area (Å²) >= 11 is 0. The number of hydrogen-bond donors (Lipinski definition) is 2. The summed E-state index contributed by atoms with van der Waals surface area (Å²) in [5, 5.41) is 25.7. The van der Waals surface area contributed by atoms with E-state index >= 15 is 0 Å². The second kappa shape index (κ2) is 9.02. The molecule has 0 aromatic carbocycles. The maximum Gasteiger partial charge on any atom is 0.339 e. The number of ketones is 1. The molecule has 244 valence electrons. The molecule has 1 aromatic heterocycles. The number of rotatable bonds is 5. The molecule has 3 saturated heterocycles. The van der Waals surface area contributed by atoms with Crippen LogP contribution in [0.2, 0.25) is 0 Å². The van der Waals surface area contributed by atoms with Crippen molar-refractivity contribution in [2.45, 2.75) is 95.5 Å². The summed E-state index contributed by atoms with van der Waals surface area (Å²) in [4.78, 5) is 66.0. The minimum atomic E-state index is -2.85. The number of fused-ring (bicyclic) bond motifs is 3. The van der Waals surface area contributed by atoms with Gasteiger partial charge in [0.15, 0.2) is 17.8 Å². The topological polar surface area (TPSA) is 198 Å². The molecule has 2 aliphatic carbocycles. The SMILES string of the molecule is COC(=O)C=C[C@]1(C)C2[C@@H](OC(C)=O)[C@@H](OC(C)=O)[C@@]3(C)[C@H](c4ccoc4)OC(=O)[C@H]4O[C@]43[C@]2(C)[C@]2(O)OC(C)(C)C(=O)[C@@]21O. The van der Waals surface area contributed by atoms with Crippen molar-refractivity contribution in [2.75, 3.05) is 7.11 Å². The summed E-state index contributed by atoms with van der Waals surface area (Å²) < 4.78 is 40.4. The molecule has 11 atom stereocenters. The number of Topliss-reactive ketones (excluding diaryl/α,β-unsaturated/α-hetero) is 1. The molecule has 0 amide bonds. The summed E-state index contributed by atoms with van der Waals surface area (Å²) in [6, 6.07) is 1.53. The van der Waals surface area contributed by atoms with Gasteiger partial charge in [0, 0.05) is 36.8 Å². The van der Waals surface area contributed by atoms with E-state index in [1.165, 1.54) is 52.4 Å². The lowest BCUT2D eigenvalue weighted by Gasteiger charge is -2.63. The quantitative estimate of drug-likeness (QED) is 0.202. The molecule has 2 N–H and O–H groups in total. The van der Waals surface area contributed by atoms with Crippen molar-refractivity contribution in [3.8, 4) is 0 Å². The van der Waals surface area contributed by atoms with Crippen LogP contribution in [0.4, 0.5) is 0 Å². The zero-order valence-corrected chi connectivity index (χ0v) is 26.1. The fourth-order valence-corrected chi connectivity index (χ4v) is 9.52. The second-order valence-corrected chi connectivity index (χ2v) is 13.6. The standard InChI is InChI=1S/C31H36O14/c1-14(32)41-18-19-26(5,11-9-17(34)39-8)29(37)24(36)25(3,4)45-31(29,38)28(19,7)30-22(44-30)23(35)43-20(16-10-12-40-13-16)27(30,6)21(18)42-15(2)33/h9-13,18-22,37-38H,1-8H3/t18-,19?,20+,21-,22-,26-,27-,28-,29+,30-,31+/m1/s1. The zero-order chi connectivity index (χ0) is 33.3. The molecule has 14 heteroatoms. The second-order valence-electron chi connectivity index (χ2n) is 13.6. The van der Waals surface area contributed by atoms with Gasteiger partial charge >= 0.3 is 23.9 Å². The van der Waals surface area contributed by atoms with E-state index in [0.717, 1.165) is 27.0 Å². The lowest BCUT2D eigenvalue weighted by atomic mass is 9.43. The average molecular weight is 633 g/mol. The van der Waals surface area contributed by atoms with Crippen molar-refractivity contribution in [1.82, 2.24) is 0 Å². The predicted molar refractivity (Wildman–Crippen MR) is 145 cm³/mol. The van der Waals surface area contributed by atoms with Crippen LogP contribution in [0.15, 0.2) is 35.2 Å². The predicted octanol–water partition coefficient (Wildman–Crippen LogP) is 1.07. The number of carbonyl (C=O) groups excluding carboxylic acids is 5. The highest BCUT2D eigenvalue weighted by molar-refractivity contribution is 6.00. The average Bonchev–Trinajstić information content (AvgIpc) is 3.44. The Labute approximate surface area is 257 Å². The summed E-state index contributed by atoms with van der Waals surface area (Å²) in [5.41, 5.74) is -11.9. The Bertz CT molecular complexity index is 1550. The van der Waals surface area contributed by atoms with Crippen molar-refractivity contribution in [3.05, 3.63) is 36.3 Å². The zero-order valence-electron chi connectivity index (χ0n) is 26.1. The molecular weight excluding hydrogens is 596 g/mol. The Hall–Kier alpha value is -3.59. The molecule has 45 heavy (non-hydrogen) atoms. The van der Waals surface area contributed by atoms with Gasteiger partial charge in [-0.2, -0.15) is 0 Å². The largest absolute Gasteiger partial charge is 0.472 e. The van der Waals surface area contributed by atoms with E-state index in [2.05, 4.69) is 0 Å². The number of epoxide rings is 1. The van der Waals surface area contributed by atoms with Crippen LogP contribution in [0, 0.1) is 22.2 Å². The van der Waals surface area contributed by atoms with Crippen LogP contribution in [0.5, 0.6) is 0 Å². The Morgan fingerprint density at radius 1 is 0.978 bits per heavy atom. The molecule has 6 rings (SSSR count). The number of cyclic esters (lactones) is 1. The van der Waals surface area contributed by atoms with Crippen molar-refractivity contribution in [2.24, 2.45) is 22.2 Å². The van der Waals surface area contributed by atoms with Crippen LogP contribution in [0.25, 0.3) is 0 Å². The normalized spacial score (nSPS) is 47.2. The first-order valence-electron chi connectivity index (χ1n) is 14.5. The minimum Gasteiger partial charge on any atom is -0.472 e.